The van der Waals surface area contributed by atoms with Crippen molar-refractivity contribution in [2.24, 2.45) is 0 Å². The van der Waals surface area contributed by atoms with Crippen molar-refractivity contribution in [2.45, 2.75) is 30.0 Å². The van der Waals surface area contributed by atoms with Gasteiger partial charge in [0.25, 0.3) is 0 Å². The van der Waals surface area contributed by atoms with Crippen molar-refractivity contribution < 1.29 is 38.4 Å². The lowest BCUT2D eigenvalue weighted by Gasteiger charge is -2.41. The first-order valence-corrected chi connectivity index (χ1v) is 11.6. The summed E-state index contributed by atoms with van der Waals surface area (Å²) in [7, 11) is 0. The largest absolute Gasteiger partial charge is 0.459 e. The number of esters is 3. The number of benzene rings is 3. The fraction of sp³-hybridized carbons (Fsp3) is 0.222. The van der Waals surface area contributed by atoms with Crippen molar-refractivity contribution in [3.63, 3.8) is 0 Å². The smallest absolute Gasteiger partial charge is 0.338 e. The number of hydrogen-bond donors (Lipinski definition) is 1. The van der Waals surface area contributed by atoms with Gasteiger partial charge in [-0.1, -0.05) is 54.6 Å². The van der Waals surface area contributed by atoms with Gasteiger partial charge in [-0.2, -0.15) is 0 Å². The van der Waals surface area contributed by atoms with Crippen LogP contribution in [0.2, 0.25) is 0 Å². The average Bonchev–Trinajstić information content (AvgIpc) is 2.92. The summed E-state index contributed by atoms with van der Waals surface area (Å²) in [6.07, 6.45) is -5.51. The van der Waals surface area contributed by atoms with E-state index in [-0.39, 0.29) is 17.7 Å². The molecule has 0 unspecified atom stereocenters. The molecule has 186 valence electrons. The lowest BCUT2D eigenvalue weighted by atomic mass is 10.0. The van der Waals surface area contributed by atoms with Gasteiger partial charge in [0.1, 0.15) is 18.1 Å². The number of rotatable bonds is 7. The second kappa shape index (κ2) is 11.8. The molecule has 0 spiro atoms. The standard InChI is InChI=1S/C27H23ClO8/c28-21-20(16-33-24(29)17-10-4-1-5-11-17)34-27(32)23(36-26(31)19-14-8-3-9-15-19)22(21)35-25(30)18-12-6-2-7-13-18/h1-15,20-23,27,32H,16H2/t20-,21-,22+,23-,27+/m1/s1. The van der Waals surface area contributed by atoms with Crippen molar-refractivity contribution in [2.75, 3.05) is 6.61 Å². The van der Waals surface area contributed by atoms with Crippen LogP contribution < -0.4 is 0 Å². The van der Waals surface area contributed by atoms with Crippen LogP contribution in [0.5, 0.6) is 0 Å². The topological polar surface area (TPSA) is 108 Å². The van der Waals surface area contributed by atoms with E-state index in [2.05, 4.69) is 0 Å². The van der Waals surface area contributed by atoms with Gasteiger partial charge in [0, 0.05) is 0 Å². The first-order chi connectivity index (χ1) is 17.4. The Balaban J connectivity index is 1.52. The van der Waals surface area contributed by atoms with Gasteiger partial charge < -0.3 is 24.1 Å². The molecule has 8 nitrogen and oxygen atoms in total. The summed E-state index contributed by atoms with van der Waals surface area (Å²) in [6.45, 7) is -0.336. The van der Waals surface area contributed by atoms with Gasteiger partial charge in [-0.05, 0) is 36.4 Å². The van der Waals surface area contributed by atoms with Crippen molar-refractivity contribution in [3.05, 3.63) is 108 Å². The molecule has 1 saturated heterocycles. The van der Waals surface area contributed by atoms with Crippen molar-refractivity contribution in [1.82, 2.24) is 0 Å². The number of carbonyl (C=O) groups excluding carboxylic acids is 3. The predicted octanol–water partition coefficient (Wildman–Crippen LogP) is 3.62. The van der Waals surface area contributed by atoms with E-state index in [0.29, 0.717) is 5.56 Å². The fourth-order valence-electron chi connectivity index (χ4n) is 3.62. The molecule has 4 rings (SSSR count). The monoisotopic (exact) mass is 510 g/mol. The fourth-order valence-corrected chi connectivity index (χ4v) is 3.95. The highest BCUT2D eigenvalue weighted by Gasteiger charge is 2.49. The summed E-state index contributed by atoms with van der Waals surface area (Å²) in [4.78, 5) is 37.8. The Morgan fingerprint density at radius 3 is 1.58 bits per heavy atom. The number of hydrogen-bond acceptors (Lipinski definition) is 8. The van der Waals surface area contributed by atoms with Crippen LogP contribution in [-0.4, -0.2) is 59.6 Å². The van der Waals surface area contributed by atoms with Gasteiger partial charge in [-0.25, -0.2) is 14.4 Å². The van der Waals surface area contributed by atoms with Crippen LogP contribution in [0.25, 0.3) is 0 Å². The summed E-state index contributed by atoms with van der Waals surface area (Å²) < 4.78 is 21.9. The van der Waals surface area contributed by atoms with Crippen molar-refractivity contribution >= 4 is 29.5 Å². The van der Waals surface area contributed by atoms with Crippen LogP contribution in [0.3, 0.4) is 0 Å². The van der Waals surface area contributed by atoms with Gasteiger partial charge in [0.15, 0.2) is 18.5 Å². The number of halogens is 1. The van der Waals surface area contributed by atoms with Crippen LogP contribution >= 0.6 is 11.6 Å². The second-order valence-corrected chi connectivity index (χ2v) is 8.45. The van der Waals surface area contributed by atoms with Gasteiger partial charge >= 0.3 is 17.9 Å². The van der Waals surface area contributed by atoms with Crippen LogP contribution in [0.15, 0.2) is 91.0 Å². The zero-order valence-corrected chi connectivity index (χ0v) is 19.7. The third kappa shape index (κ3) is 6.09. The minimum absolute atomic E-state index is 0.225. The quantitative estimate of drug-likeness (QED) is 0.292. The van der Waals surface area contributed by atoms with Crippen LogP contribution in [0, 0.1) is 0 Å². The number of ether oxygens (including phenoxy) is 4. The maximum absolute atomic E-state index is 12.8. The molecule has 3 aromatic rings. The van der Waals surface area contributed by atoms with Gasteiger partial charge in [0.05, 0.1) is 16.7 Å². The van der Waals surface area contributed by atoms with Gasteiger partial charge in [0.2, 0.25) is 0 Å². The molecular formula is C27H23ClO8. The normalized spacial score (nSPS) is 23.3. The molecule has 0 saturated carbocycles. The molecule has 1 aliphatic rings. The maximum atomic E-state index is 12.8. The molecule has 0 radical (unpaired) electrons. The Morgan fingerprint density at radius 1 is 0.694 bits per heavy atom. The first kappa shape index (κ1) is 25.4. The van der Waals surface area contributed by atoms with Crippen LogP contribution in [0.1, 0.15) is 31.1 Å². The first-order valence-electron chi connectivity index (χ1n) is 11.2. The van der Waals surface area contributed by atoms with E-state index in [4.69, 9.17) is 30.5 Å². The zero-order valence-electron chi connectivity index (χ0n) is 18.9. The SMILES string of the molecule is O=C(OC[C@H]1O[C@H](O)[C@H](OC(=O)c2ccccc2)[C@@H](OC(=O)c2ccccc2)[C@@H]1Cl)c1ccccc1. The molecule has 1 aliphatic heterocycles. The Kier molecular flexibility index (Phi) is 8.32. The van der Waals surface area contributed by atoms with Crippen LogP contribution in [0.4, 0.5) is 0 Å². The predicted molar refractivity (Wildman–Crippen MR) is 129 cm³/mol. The van der Waals surface area contributed by atoms with E-state index in [1.54, 1.807) is 78.9 Å². The zero-order chi connectivity index (χ0) is 25.5. The average molecular weight is 511 g/mol. The highest BCUT2D eigenvalue weighted by molar-refractivity contribution is 6.21. The molecule has 1 N–H and O–H groups in total. The number of carbonyl (C=O) groups is 3. The lowest BCUT2D eigenvalue weighted by molar-refractivity contribution is -0.248. The third-order valence-electron chi connectivity index (χ3n) is 5.48. The van der Waals surface area contributed by atoms with E-state index in [1.807, 2.05) is 0 Å². The molecule has 1 fully saturated rings. The molecule has 3 aromatic carbocycles. The van der Waals surface area contributed by atoms with Crippen molar-refractivity contribution in [1.29, 1.82) is 0 Å². The van der Waals surface area contributed by atoms with E-state index >= 15 is 0 Å². The summed E-state index contributed by atoms with van der Waals surface area (Å²) in [5.41, 5.74) is 0.784. The lowest BCUT2D eigenvalue weighted by Crippen LogP contribution is -2.59. The molecule has 1 heterocycles. The maximum Gasteiger partial charge on any atom is 0.338 e. The highest BCUT2D eigenvalue weighted by Crippen LogP contribution is 2.30. The third-order valence-corrected chi connectivity index (χ3v) is 6.01. The number of aliphatic hydroxyl groups excluding tert-OH is 1. The minimum atomic E-state index is -1.71. The molecule has 9 heteroatoms. The number of alkyl halides is 1. The Labute approximate surface area is 212 Å². The second-order valence-electron chi connectivity index (χ2n) is 7.95. The Hall–Kier alpha value is -3.72. The summed E-state index contributed by atoms with van der Waals surface area (Å²) in [5.74, 6) is -2.11. The molecule has 0 bridgehead atoms. The summed E-state index contributed by atoms with van der Waals surface area (Å²) >= 11 is 6.60. The Morgan fingerprint density at radius 2 is 1.11 bits per heavy atom. The summed E-state index contributed by atoms with van der Waals surface area (Å²) in [5, 5.41) is 9.57. The molecule has 0 aromatic heterocycles. The van der Waals surface area contributed by atoms with E-state index in [1.165, 1.54) is 12.1 Å². The number of aliphatic hydroxyl groups is 1. The van der Waals surface area contributed by atoms with Crippen molar-refractivity contribution in [3.8, 4) is 0 Å². The van der Waals surface area contributed by atoms with Gasteiger partial charge in [-0.15, -0.1) is 11.6 Å². The molecule has 0 amide bonds. The molecule has 5 atom stereocenters. The molecule has 36 heavy (non-hydrogen) atoms. The summed E-state index contributed by atoms with van der Waals surface area (Å²) in [6, 6.07) is 24.6. The highest BCUT2D eigenvalue weighted by atomic mass is 35.5. The van der Waals surface area contributed by atoms with E-state index in [9.17, 15) is 19.5 Å². The van der Waals surface area contributed by atoms with E-state index < -0.39 is 47.9 Å². The van der Waals surface area contributed by atoms with E-state index in [0.717, 1.165) is 0 Å². The molecule has 0 aliphatic carbocycles. The molecular weight excluding hydrogens is 488 g/mol. The minimum Gasteiger partial charge on any atom is -0.459 e. The Bertz CT molecular complexity index is 1170. The van der Waals surface area contributed by atoms with Crippen LogP contribution in [-0.2, 0) is 18.9 Å². The van der Waals surface area contributed by atoms with Gasteiger partial charge in [-0.3, -0.25) is 0 Å².